The molecule has 1 unspecified atom stereocenters. The lowest BCUT2D eigenvalue weighted by Gasteiger charge is -2.25. The minimum atomic E-state index is -0.467. The van der Waals surface area contributed by atoms with Gasteiger partial charge in [0.15, 0.2) is 0 Å². The maximum absolute atomic E-state index is 10.2. The third-order valence-corrected chi connectivity index (χ3v) is 3.42. The molecule has 3 nitrogen and oxygen atoms in total. The van der Waals surface area contributed by atoms with E-state index in [2.05, 4.69) is 18.7 Å². The molecule has 0 bridgehead atoms. The Kier molecular flexibility index (Phi) is 8.15. The fraction of sp³-hybridized carbons (Fsp3) is 0.625. The summed E-state index contributed by atoms with van der Waals surface area (Å²) < 4.78 is 5.14. The van der Waals surface area contributed by atoms with Crippen molar-refractivity contribution >= 4 is 11.6 Å². The third-order valence-electron chi connectivity index (χ3n) is 3.19. The normalized spacial score (nSPS) is 13.2. The van der Waals surface area contributed by atoms with Gasteiger partial charge in [0.2, 0.25) is 0 Å². The van der Waals surface area contributed by atoms with Crippen LogP contribution in [0.15, 0.2) is 24.3 Å². The van der Waals surface area contributed by atoms with Gasteiger partial charge in [-0.15, -0.1) is 0 Å². The molecule has 0 radical (unpaired) electrons. The second-order valence-corrected chi connectivity index (χ2v) is 5.98. The Labute approximate surface area is 127 Å². The number of hydrogen-bond acceptors (Lipinski definition) is 3. The quantitative estimate of drug-likeness (QED) is 0.759. The van der Waals surface area contributed by atoms with Gasteiger partial charge in [0, 0.05) is 31.8 Å². The molecule has 1 atom stereocenters. The van der Waals surface area contributed by atoms with E-state index in [1.54, 1.807) is 7.11 Å². The van der Waals surface area contributed by atoms with E-state index in [9.17, 15) is 5.11 Å². The van der Waals surface area contributed by atoms with Crippen LogP contribution in [-0.4, -0.2) is 43.4 Å². The molecule has 20 heavy (non-hydrogen) atoms. The zero-order chi connectivity index (χ0) is 15.0. The van der Waals surface area contributed by atoms with Crippen LogP contribution in [0, 0.1) is 5.92 Å². The Bertz CT molecular complexity index is 384. The Hall–Kier alpha value is -0.610. The molecule has 0 spiro atoms. The molecule has 1 N–H and O–H groups in total. The highest BCUT2D eigenvalue weighted by molar-refractivity contribution is 6.30. The van der Waals surface area contributed by atoms with Gasteiger partial charge in [0.05, 0.1) is 12.7 Å². The molecule has 0 aromatic heterocycles. The van der Waals surface area contributed by atoms with E-state index in [1.165, 1.54) is 0 Å². The first kappa shape index (κ1) is 17.4. The van der Waals surface area contributed by atoms with Gasteiger partial charge in [0.1, 0.15) is 0 Å². The number of halogens is 1. The van der Waals surface area contributed by atoms with Gasteiger partial charge in [-0.2, -0.15) is 0 Å². The number of aliphatic hydroxyl groups is 1. The predicted molar refractivity (Wildman–Crippen MR) is 84.2 cm³/mol. The van der Waals surface area contributed by atoms with Crippen LogP contribution in [0.3, 0.4) is 0 Å². The van der Waals surface area contributed by atoms with Crippen molar-refractivity contribution in [2.45, 2.75) is 26.4 Å². The van der Waals surface area contributed by atoms with E-state index >= 15 is 0 Å². The minimum absolute atomic E-state index is 0.467. The molecule has 0 fully saturated rings. The van der Waals surface area contributed by atoms with Crippen LogP contribution in [0.5, 0.6) is 0 Å². The highest BCUT2D eigenvalue weighted by Crippen LogP contribution is 2.20. The molecule has 1 aromatic carbocycles. The lowest BCUT2D eigenvalue weighted by molar-refractivity contribution is 0.111. The van der Waals surface area contributed by atoms with Crippen molar-refractivity contribution in [2.75, 3.05) is 33.4 Å². The van der Waals surface area contributed by atoms with Gasteiger partial charge in [-0.3, -0.25) is 0 Å². The second-order valence-electron chi connectivity index (χ2n) is 5.55. The average molecular weight is 300 g/mol. The van der Waals surface area contributed by atoms with E-state index in [-0.39, 0.29) is 0 Å². The number of benzene rings is 1. The van der Waals surface area contributed by atoms with E-state index in [4.69, 9.17) is 16.3 Å². The van der Waals surface area contributed by atoms with E-state index in [0.29, 0.717) is 17.4 Å². The number of methoxy groups -OCH3 is 1. The fourth-order valence-electron chi connectivity index (χ4n) is 2.22. The largest absolute Gasteiger partial charge is 0.388 e. The van der Waals surface area contributed by atoms with E-state index < -0.39 is 6.10 Å². The zero-order valence-electron chi connectivity index (χ0n) is 12.7. The van der Waals surface area contributed by atoms with Crippen molar-refractivity contribution in [1.29, 1.82) is 0 Å². The summed E-state index contributed by atoms with van der Waals surface area (Å²) in [4.78, 5) is 2.34. The number of nitrogens with zero attached hydrogens (tertiary/aromatic N) is 1. The fourth-order valence-corrected chi connectivity index (χ4v) is 2.42. The summed E-state index contributed by atoms with van der Waals surface area (Å²) in [5.41, 5.74) is 0.883. The first-order chi connectivity index (χ1) is 9.52. The third kappa shape index (κ3) is 6.71. The van der Waals surface area contributed by atoms with Crippen molar-refractivity contribution in [3.8, 4) is 0 Å². The maximum Gasteiger partial charge on any atom is 0.0802 e. The lowest BCUT2D eigenvalue weighted by atomic mass is 10.1. The van der Waals surface area contributed by atoms with Crippen molar-refractivity contribution in [3.63, 3.8) is 0 Å². The van der Waals surface area contributed by atoms with Crippen LogP contribution in [-0.2, 0) is 4.74 Å². The van der Waals surface area contributed by atoms with Gasteiger partial charge < -0.3 is 14.7 Å². The molecule has 0 aliphatic rings. The van der Waals surface area contributed by atoms with Crippen molar-refractivity contribution in [2.24, 2.45) is 5.92 Å². The maximum atomic E-state index is 10.2. The monoisotopic (exact) mass is 299 g/mol. The van der Waals surface area contributed by atoms with Crippen LogP contribution < -0.4 is 0 Å². The summed E-state index contributed by atoms with van der Waals surface area (Å²) in [7, 11) is 1.72. The lowest BCUT2D eigenvalue weighted by Crippen LogP contribution is -2.32. The number of aliphatic hydroxyl groups excluding tert-OH is 1. The van der Waals surface area contributed by atoms with Gasteiger partial charge in [0.25, 0.3) is 0 Å². The van der Waals surface area contributed by atoms with Gasteiger partial charge in [-0.05, 0) is 30.0 Å². The molecule has 0 saturated heterocycles. The summed E-state index contributed by atoms with van der Waals surface area (Å²) >= 11 is 5.95. The first-order valence-electron chi connectivity index (χ1n) is 7.17. The van der Waals surface area contributed by atoms with Gasteiger partial charge >= 0.3 is 0 Å². The summed E-state index contributed by atoms with van der Waals surface area (Å²) in [5.74, 6) is 0.607. The minimum Gasteiger partial charge on any atom is -0.388 e. The molecule has 0 heterocycles. The van der Waals surface area contributed by atoms with E-state index in [0.717, 1.165) is 31.8 Å². The van der Waals surface area contributed by atoms with Crippen LogP contribution in [0.4, 0.5) is 0 Å². The molecule has 114 valence electrons. The summed E-state index contributed by atoms with van der Waals surface area (Å²) in [5, 5.41) is 10.9. The molecule has 1 aromatic rings. The average Bonchev–Trinajstić information content (AvgIpc) is 2.41. The molecule has 4 heteroatoms. The van der Waals surface area contributed by atoms with Crippen molar-refractivity contribution < 1.29 is 9.84 Å². The second kappa shape index (κ2) is 9.35. The van der Waals surface area contributed by atoms with Crippen LogP contribution in [0.25, 0.3) is 0 Å². The van der Waals surface area contributed by atoms with E-state index in [1.807, 2.05) is 24.3 Å². The van der Waals surface area contributed by atoms with Crippen LogP contribution in [0.1, 0.15) is 31.9 Å². The summed E-state index contributed by atoms with van der Waals surface area (Å²) in [6, 6.07) is 7.44. The first-order valence-corrected chi connectivity index (χ1v) is 7.55. The predicted octanol–water partition coefficient (Wildman–Crippen LogP) is 3.37. The number of ether oxygens (including phenoxy) is 1. The summed E-state index contributed by atoms with van der Waals surface area (Å²) in [6.45, 7) is 7.90. The topological polar surface area (TPSA) is 32.7 Å². The Morgan fingerprint density at radius 3 is 2.65 bits per heavy atom. The van der Waals surface area contributed by atoms with Gasteiger partial charge in [-0.25, -0.2) is 0 Å². The molecule has 0 saturated carbocycles. The standard InChI is InChI=1S/C16H26ClNO2/c1-13(2)12-18(9-10-20-3)8-7-16(19)14-5-4-6-15(17)11-14/h4-6,11,13,16,19H,7-10,12H2,1-3H3. The Morgan fingerprint density at radius 2 is 2.05 bits per heavy atom. The summed E-state index contributed by atoms with van der Waals surface area (Å²) in [6.07, 6.45) is 0.238. The molecule has 0 aliphatic heterocycles. The van der Waals surface area contributed by atoms with Gasteiger partial charge in [-0.1, -0.05) is 37.6 Å². The SMILES string of the molecule is COCCN(CCC(O)c1cccc(Cl)c1)CC(C)C. The smallest absolute Gasteiger partial charge is 0.0802 e. The van der Waals surface area contributed by atoms with Crippen LogP contribution >= 0.6 is 11.6 Å². The van der Waals surface area contributed by atoms with Crippen molar-refractivity contribution in [1.82, 2.24) is 4.90 Å². The number of hydrogen-bond donors (Lipinski definition) is 1. The zero-order valence-corrected chi connectivity index (χ0v) is 13.4. The Balaban J connectivity index is 2.48. The highest BCUT2D eigenvalue weighted by Gasteiger charge is 2.12. The molecule has 0 aliphatic carbocycles. The van der Waals surface area contributed by atoms with Crippen LogP contribution in [0.2, 0.25) is 5.02 Å². The molecule has 1 rings (SSSR count). The highest BCUT2D eigenvalue weighted by atomic mass is 35.5. The molecular formula is C16H26ClNO2. The number of rotatable bonds is 9. The molecule has 0 amide bonds. The molecular weight excluding hydrogens is 274 g/mol. The Morgan fingerprint density at radius 1 is 1.30 bits per heavy atom. The van der Waals surface area contributed by atoms with Crippen molar-refractivity contribution in [3.05, 3.63) is 34.9 Å².